The first-order valence-electron chi connectivity index (χ1n) is 11.7. The summed E-state index contributed by atoms with van der Waals surface area (Å²) in [4.78, 5) is 20.0. The number of rotatable bonds is 5. The Morgan fingerprint density at radius 3 is 2.22 bits per heavy atom. The molecule has 4 rings (SSSR count). The van der Waals surface area contributed by atoms with Crippen LogP contribution in [0.1, 0.15) is 62.7 Å². The molecule has 2 atom stereocenters. The molecule has 0 unspecified atom stereocenters. The summed E-state index contributed by atoms with van der Waals surface area (Å²) in [6.07, 6.45) is 8.07. The van der Waals surface area contributed by atoms with Gasteiger partial charge in [0.2, 0.25) is 10.0 Å². The number of hydrogen-bond donors (Lipinski definition) is 0. The first kappa shape index (κ1) is 22.9. The molecule has 1 aromatic carbocycles. The predicted molar refractivity (Wildman–Crippen MR) is 126 cm³/mol. The van der Waals surface area contributed by atoms with Gasteiger partial charge in [0.25, 0.3) is 5.91 Å². The Morgan fingerprint density at radius 1 is 0.969 bits per heavy atom. The number of carbonyl (C=O) groups is 1. The first-order valence-corrected chi connectivity index (χ1v) is 13.1. The predicted octanol–water partition coefficient (Wildman–Crippen LogP) is 4.73. The van der Waals surface area contributed by atoms with Gasteiger partial charge in [0, 0.05) is 30.9 Å². The second-order valence-electron chi connectivity index (χ2n) is 9.45. The Labute approximate surface area is 191 Å². The molecular formula is C25H33N3O3S. The molecule has 1 amide bonds. The van der Waals surface area contributed by atoms with E-state index >= 15 is 0 Å². The smallest absolute Gasteiger partial charge is 0.259 e. The van der Waals surface area contributed by atoms with Crippen molar-refractivity contribution in [1.29, 1.82) is 0 Å². The molecule has 0 spiro atoms. The molecule has 1 saturated heterocycles. The fraction of sp³-hybridized carbons (Fsp3) is 0.520. The van der Waals surface area contributed by atoms with E-state index < -0.39 is 10.0 Å². The Hall–Kier alpha value is -2.25. The molecule has 7 heteroatoms. The normalized spacial score (nSPS) is 23.1. The van der Waals surface area contributed by atoms with Crippen LogP contribution in [0.3, 0.4) is 0 Å². The van der Waals surface area contributed by atoms with E-state index in [1.54, 1.807) is 39.7 Å². The van der Waals surface area contributed by atoms with Gasteiger partial charge in [0.15, 0.2) is 0 Å². The third-order valence-corrected chi connectivity index (χ3v) is 8.48. The third kappa shape index (κ3) is 4.89. The molecule has 6 nitrogen and oxygen atoms in total. The largest absolute Gasteiger partial charge is 0.290 e. The second kappa shape index (κ2) is 9.71. The monoisotopic (exact) mass is 455 g/mol. The SMILES string of the molecule is C[C@@H]1C[C@H](C)CN(S(=O)(=O)c2ccc(C(=O)N(c3ccccn3)C3CCCCC3)cc2)C1. The van der Waals surface area contributed by atoms with Crippen LogP contribution < -0.4 is 4.90 Å². The van der Waals surface area contributed by atoms with Crippen LogP contribution >= 0.6 is 0 Å². The number of nitrogens with zero attached hydrogens (tertiary/aromatic N) is 3. The van der Waals surface area contributed by atoms with Crippen molar-refractivity contribution >= 4 is 21.7 Å². The van der Waals surface area contributed by atoms with Gasteiger partial charge in [0.1, 0.15) is 5.82 Å². The van der Waals surface area contributed by atoms with E-state index in [1.165, 1.54) is 6.42 Å². The van der Waals surface area contributed by atoms with Crippen molar-refractivity contribution in [3.8, 4) is 0 Å². The van der Waals surface area contributed by atoms with Crippen molar-refractivity contribution in [2.75, 3.05) is 18.0 Å². The van der Waals surface area contributed by atoms with Crippen LogP contribution in [0.25, 0.3) is 0 Å². The van der Waals surface area contributed by atoms with Gasteiger partial charge < -0.3 is 0 Å². The van der Waals surface area contributed by atoms with E-state index in [1.807, 2.05) is 18.2 Å². The molecule has 0 bridgehead atoms. The minimum Gasteiger partial charge on any atom is -0.290 e. The molecule has 2 fully saturated rings. The molecule has 1 aliphatic heterocycles. The Kier molecular flexibility index (Phi) is 6.96. The lowest BCUT2D eigenvalue weighted by molar-refractivity contribution is 0.0969. The first-order chi connectivity index (χ1) is 15.4. The summed E-state index contributed by atoms with van der Waals surface area (Å²) in [5.74, 6) is 1.21. The Balaban J connectivity index is 1.58. The maximum absolute atomic E-state index is 13.5. The van der Waals surface area contributed by atoms with Gasteiger partial charge in [-0.3, -0.25) is 9.69 Å². The maximum Gasteiger partial charge on any atom is 0.259 e. The summed E-state index contributed by atoms with van der Waals surface area (Å²) in [6, 6.07) is 12.1. The van der Waals surface area contributed by atoms with E-state index in [-0.39, 0.29) is 16.8 Å². The molecule has 2 aliphatic rings. The van der Waals surface area contributed by atoms with E-state index in [2.05, 4.69) is 18.8 Å². The number of sulfonamides is 1. The highest BCUT2D eigenvalue weighted by Crippen LogP contribution is 2.29. The fourth-order valence-electron chi connectivity index (χ4n) is 5.15. The molecule has 1 aliphatic carbocycles. The number of piperidine rings is 1. The number of amides is 1. The van der Waals surface area contributed by atoms with Gasteiger partial charge in [-0.05, 0) is 67.5 Å². The Bertz CT molecular complexity index is 1010. The van der Waals surface area contributed by atoms with Gasteiger partial charge in [-0.25, -0.2) is 13.4 Å². The topological polar surface area (TPSA) is 70.6 Å². The number of hydrogen-bond acceptors (Lipinski definition) is 4. The zero-order valence-electron chi connectivity index (χ0n) is 19.0. The van der Waals surface area contributed by atoms with E-state index in [9.17, 15) is 13.2 Å². The minimum atomic E-state index is -3.57. The number of carbonyl (C=O) groups excluding carboxylic acids is 1. The van der Waals surface area contributed by atoms with Crippen molar-refractivity contribution in [2.45, 2.75) is 63.3 Å². The lowest BCUT2D eigenvalue weighted by atomic mass is 9.93. The second-order valence-corrected chi connectivity index (χ2v) is 11.4. The van der Waals surface area contributed by atoms with Crippen molar-refractivity contribution in [3.05, 3.63) is 54.2 Å². The molecule has 0 N–H and O–H groups in total. The lowest BCUT2D eigenvalue weighted by Crippen LogP contribution is -2.43. The Morgan fingerprint density at radius 2 is 1.62 bits per heavy atom. The molecule has 2 aromatic rings. The van der Waals surface area contributed by atoms with Crippen molar-refractivity contribution in [1.82, 2.24) is 9.29 Å². The molecule has 0 radical (unpaired) electrons. The van der Waals surface area contributed by atoms with Crippen molar-refractivity contribution in [3.63, 3.8) is 0 Å². The van der Waals surface area contributed by atoms with Crippen molar-refractivity contribution in [2.24, 2.45) is 11.8 Å². The lowest BCUT2D eigenvalue weighted by Gasteiger charge is -2.34. The van der Waals surface area contributed by atoms with Gasteiger partial charge in [-0.15, -0.1) is 0 Å². The highest BCUT2D eigenvalue weighted by atomic mass is 32.2. The highest BCUT2D eigenvalue weighted by Gasteiger charge is 2.32. The van der Waals surface area contributed by atoms with Crippen LogP contribution in [0.2, 0.25) is 0 Å². The third-order valence-electron chi connectivity index (χ3n) is 6.63. The number of pyridine rings is 1. The maximum atomic E-state index is 13.5. The fourth-order valence-corrected chi connectivity index (χ4v) is 6.83. The van der Waals surface area contributed by atoms with Crippen LogP contribution in [-0.2, 0) is 10.0 Å². The molecule has 32 heavy (non-hydrogen) atoms. The van der Waals surface area contributed by atoms with Gasteiger partial charge >= 0.3 is 0 Å². The van der Waals surface area contributed by atoms with E-state index in [0.717, 1.165) is 32.1 Å². The number of aromatic nitrogens is 1. The van der Waals surface area contributed by atoms with Crippen LogP contribution in [-0.4, -0.2) is 42.7 Å². The van der Waals surface area contributed by atoms with Crippen LogP contribution in [0.15, 0.2) is 53.6 Å². The van der Waals surface area contributed by atoms with Gasteiger partial charge in [-0.1, -0.05) is 39.2 Å². The zero-order valence-corrected chi connectivity index (χ0v) is 19.8. The molecule has 1 saturated carbocycles. The summed E-state index contributed by atoms with van der Waals surface area (Å²) < 4.78 is 28.0. The molecular weight excluding hydrogens is 422 g/mol. The molecule has 2 heterocycles. The summed E-state index contributed by atoms with van der Waals surface area (Å²) in [5.41, 5.74) is 0.487. The summed E-state index contributed by atoms with van der Waals surface area (Å²) in [5, 5.41) is 0. The average Bonchev–Trinajstić information content (AvgIpc) is 2.80. The van der Waals surface area contributed by atoms with Crippen LogP contribution in [0.4, 0.5) is 5.82 Å². The van der Waals surface area contributed by atoms with E-state index in [4.69, 9.17) is 0 Å². The van der Waals surface area contributed by atoms with Gasteiger partial charge in [0.05, 0.1) is 4.90 Å². The summed E-state index contributed by atoms with van der Waals surface area (Å²) in [7, 11) is -3.57. The summed E-state index contributed by atoms with van der Waals surface area (Å²) in [6.45, 7) is 5.28. The van der Waals surface area contributed by atoms with E-state index in [0.29, 0.717) is 36.3 Å². The molecule has 1 aromatic heterocycles. The number of benzene rings is 1. The van der Waals surface area contributed by atoms with Crippen LogP contribution in [0, 0.1) is 11.8 Å². The summed E-state index contributed by atoms with van der Waals surface area (Å²) >= 11 is 0. The van der Waals surface area contributed by atoms with Crippen molar-refractivity contribution < 1.29 is 13.2 Å². The van der Waals surface area contributed by atoms with Gasteiger partial charge in [-0.2, -0.15) is 4.31 Å². The standard InChI is InChI=1S/C25H33N3O3S/c1-19-16-20(2)18-27(17-19)32(30,31)23-13-11-21(12-14-23)25(29)28(22-8-4-3-5-9-22)24-10-6-7-15-26-24/h6-7,10-15,19-20,22H,3-5,8-9,16-18H2,1-2H3/t19-,20+. The highest BCUT2D eigenvalue weighted by molar-refractivity contribution is 7.89. The quantitative estimate of drug-likeness (QED) is 0.654. The van der Waals surface area contributed by atoms with Crippen LogP contribution in [0.5, 0.6) is 0 Å². The average molecular weight is 456 g/mol. The number of anilines is 1. The zero-order chi connectivity index (χ0) is 22.7. The molecule has 172 valence electrons. The minimum absolute atomic E-state index is 0.117.